The number of fused-ring (bicyclic) bond motifs is 1. The maximum atomic E-state index is 13.2. The second-order valence-corrected chi connectivity index (χ2v) is 7.89. The normalized spacial score (nSPS) is 14.8. The second-order valence-electron chi connectivity index (χ2n) is 7.89. The van der Waals surface area contributed by atoms with Crippen LogP contribution in [0.1, 0.15) is 53.5 Å². The van der Waals surface area contributed by atoms with Gasteiger partial charge in [-0.25, -0.2) is 0 Å². The van der Waals surface area contributed by atoms with E-state index in [1.54, 1.807) is 42.0 Å². The van der Waals surface area contributed by atoms with E-state index in [1.165, 1.54) is 6.20 Å². The number of hydrogen-bond acceptors (Lipinski definition) is 5. The summed E-state index contributed by atoms with van der Waals surface area (Å²) in [4.78, 5) is 33.0. The third-order valence-electron chi connectivity index (χ3n) is 5.74. The van der Waals surface area contributed by atoms with Crippen molar-refractivity contribution in [1.29, 1.82) is 0 Å². The molecule has 2 N–H and O–H groups in total. The van der Waals surface area contributed by atoms with Gasteiger partial charge in [-0.2, -0.15) is 0 Å². The highest BCUT2D eigenvalue weighted by Gasteiger charge is 2.42. The van der Waals surface area contributed by atoms with E-state index in [2.05, 4.69) is 4.98 Å². The number of carbonyl (C=O) groups is 2. The quantitative estimate of drug-likeness (QED) is 0.809. The SMILES string of the molecule is CCN(Cc1c(CO)cnc(C)c1O)C(=O)c1ccc2c(c1)C(C)(C)C(=O)N2C. The standard InChI is InChI=1S/C22H27N3O4/c1-6-25(11-16-15(12-26)10-23-13(2)19(16)27)20(28)14-7-8-18-17(9-14)22(3,4)21(29)24(18)5/h7-10,26-27H,6,11-12H2,1-5H3. The van der Waals surface area contributed by atoms with Gasteiger partial charge >= 0.3 is 0 Å². The monoisotopic (exact) mass is 397 g/mol. The number of benzene rings is 1. The lowest BCUT2D eigenvalue weighted by Gasteiger charge is -2.24. The van der Waals surface area contributed by atoms with E-state index in [9.17, 15) is 19.8 Å². The first-order valence-electron chi connectivity index (χ1n) is 9.62. The Balaban J connectivity index is 1.96. The Hall–Kier alpha value is -2.93. The summed E-state index contributed by atoms with van der Waals surface area (Å²) in [6.07, 6.45) is 1.52. The van der Waals surface area contributed by atoms with Crippen molar-refractivity contribution in [2.45, 2.75) is 46.3 Å². The van der Waals surface area contributed by atoms with Gasteiger partial charge in [0.15, 0.2) is 0 Å². The van der Waals surface area contributed by atoms with Crippen molar-refractivity contribution in [1.82, 2.24) is 9.88 Å². The fourth-order valence-electron chi connectivity index (χ4n) is 3.80. The zero-order valence-corrected chi connectivity index (χ0v) is 17.5. The minimum absolute atomic E-state index is 0.00535. The number of likely N-dealkylation sites (N-methyl/N-ethyl adjacent to an activating group) is 1. The van der Waals surface area contributed by atoms with Gasteiger partial charge in [0.05, 0.1) is 24.3 Å². The molecular weight excluding hydrogens is 370 g/mol. The summed E-state index contributed by atoms with van der Waals surface area (Å²) < 4.78 is 0. The smallest absolute Gasteiger partial charge is 0.254 e. The molecule has 0 bridgehead atoms. The Labute approximate surface area is 170 Å². The highest BCUT2D eigenvalue weighted by molar-refractivity contribution is 6.08. The molecule has 3 rings (SSSR count). The van der Waals surface area contributed by atoms with Gasteiger partial charge in [-0.15, -0.1) is 0 Å². The van der Waals surface area contributed by atoms with Gasteiger partial charge in [-0.1, -0.05) is 0 Å². The van der Waals surface area contributed by atoms with E-state index in [0.29, 0.717) is 28.9 Å². The number of aromatic hydroxyl groups is 1. The molecule has 0 aliphatic carbocycles. The van der Waals surface area contributed by atoms with Crippen molar-refractivity contribution >= 4 is 17.5 Å². The summed E-state index contributed by atoms with van der Waals surface area (Å²) in [6.45, 7) is 7.54. The van der Waals surface area contributed by atoms with E-state index in [4.69, 9.17) is 0 Å². The Kier molecular flexibility index (Phi) is 5.36. The van der Waals surface area contributed by atoms with Crippen LogP contribution in [0.2, 0.25) is 0 Å². The number of amides is 2. The molecule has 1 aliphatic heterocycles. The first-order chi connectivity index (χ1) is 13.6. The molecule has 0 saturated carbocycles. The Morgan fingerprint density at radius 2 is 2.00 bits per heavy atom. The number of anilines is 1. The lowest BCUT2D eigenvalue weighted by molar-refractivity contribution is -0.121. The average molecular weight is 397 g/mol. The van der Waals surface area contributed by atoms with Crippen LogP contribution in [0.3, 0.4) is 0 Å². The van der Waals surface area contributed by atoms with E-state index < -0.39 is 5.41 Å². The molecule has 0 fully saturated rings. The fraction of sp³-hybridized carbons (Fsp3) is 0.409. The first kappa shape index (κ1) is 20.8. The third-order valence-corrected chi connectivity index (χ3v) is 5.74. The maximum Gasteiger partial charge on any atom is 0.254 e. The summed E-state index contributed by atoms with van der Waals surface area (Å²) in [6, 6.07) is 5.31. The minimum Gasteiger partial charge on any atom is -0.506 e. The van der Waals surface area contributed by atoms with Crippen molar-refractivity contribution in [3.8, 4) is 5.75 Å². The molecule has 0 spiro atoms. The largest absolute Gasteiger partial charge is 0.506 e. The van der Waals surface area contributed by atoms with Crippen molar-refractivity contribution < 1.29 is 19.8 Å². The van der Waals surface area contributed by atoms with Gasteiger partial charge in [0.2, 0.25) is 5.91 Å². The summed E-state index contributed by atoms with van der Waals surface area (Å²) in [5.41, 5.74) is 2.85. The van der Waals surface area contributed by atoms with Gasteiger partial charge in [0, 0.05) is 42.2 Å². The molecule has 7 nitrogen and oxygen atoms in total. The van der Waals surface area contributed by atoms with Crippen LogP contribution in [0.25, 0.3) is 0 Å². The Morgan fingerprint density at radius 3 is 2.62 bits per heavy atom. The van der Waals surface area contributed by atoms with E-state index in [-0.39, 0.29) is 30.7 Å². The zero-order chi connectivity index (χ0) is 21.5. The van der Waals surface area contributed by atoms with Crippen LogP contribution in [0.5, 0.6) is 5.75 Å². The van der Waals surface area contributed by atoms with Crippen LogP contribution in [0.15, 0.2) is 24.4 Å². The first-order valence-corrected chi connectivity index (χ1v) is 9.62. The van der Waals surface area contributed by atoms with Crippen LogP contribution in [0, 0.1) is 6.92 Å². The number of aryl methyl sites for hydroxylation is 1. The summed E-state index contributed by atoms with van der Waals surface area (Å²) in [5, 5.41) is 20.0. The zero-order valence-electron chi connectivity index (χ0n) is 17.5. The number of aliphatic hydroxyl groups is 1. The summed E-state index contributed by atoms with van der Waals surface area (Å²) in [7, 11) is 1.74. The molecule has 2 aromatic rings. The second kappa shape index (κ2) is 7.48. The van der Waals surface area contributed by atoms with Crippen molar-refractivity contribution in [3.05, 3.63) is 52.3 Å². The van der Waals surface area contributed by atoms with Crippen LogP contribution in [-0.2, 0) is 23.4 Å². The van der Waals surface area contributed by atoms with Gasteiger partial charge in [-0.05, 0) is 51.5 Å². The Morgan fingerprint density at radius 1 is 1.31 bits per heavy atom. The van der Waals surface area contributed by atoms with Gasteiger partial charge < -0.3 is 20.0 Å². The average Bonchev–Trinajstić information content (AvgIpc) is 2.88. The van der Waals surface area contributed by atoms with Gasteiger partial charge in [-0.3, -0.25) is 14.6 Å². The van der Waals surface area contributed by atoms with E-state index in [0.717, 1.165) is 11.3 Å². The highest BCUT2D eigenvalue weighted by Crippen LogP contribution is 2.41. The summed E-state index contributed by atoms with van der Waals surface area (Å²) in [5.74, 6) is -0.217. The number of aromatic nitrogens is 1. The van der Waals surface area contributed by atoms with Crippen LogP contribution in [0.4, 0.5) is 5.69 Å². The number of pyridine rings is 1. The van der Waals surface area contributed by atoms with Gasteiger partial charge in [0.25, 0.3) is 5.91 Å². The Bertz CT molecular complexity index is 984. The molecule has 29 heavy (non-hydrogen) atoms. The number of aliphatic hydroxyl groups excluding tert-OH is 1. The molecule has 7 heteroatoms. The van der Waals surface area contributed by atoms with E-state index >= 15 is 0 Å². The molecule has 1 aromatic heterocycles. The molecule has 0 saturated heterocycles. The minimum atomic E-state index is -0.693. The fourth-order valence-corrected chi connectivity index (χ4v) is 3.80. The molecule has 2 amide bonds. The molecule has 2 heterocycles. The lowest BCUT2D eigenvalue weighted by atomic mass is 9.85. The number of hydrogen-bond donors (Lipinski definition) is 2. The number of carbonyl (C=O) groups excluding carboxylic acids is 2. The van der Waals surface area contributed by atoms with E-state index in [1.807, 2.05) is 20.8 Å². The topological polar surface area (TPSA) is 94.0 Å². The molecule has 1 aliphatic rings. The predicted octanol–water partition coefficient (Wildman–Crippen LogP) is 2.50. The van der Waals surface area contributed by atoms with Crippen LogP contribution in [-0.4, -0.2) is 45.5 Å². The van der Waals surface area contributed by atoms with Crippen molar-refractivity contribution in [3.63, 3.8) is 0 Å². The maximum absolute atomic E-state index is 13.2. The van der Waals surface area contributed by atoms with Gasteiger partial charge in [0.1, 0.15) is 5.75 Å². The highest BCUT2D eigenvalue weighted by atomic mass is 16.3. The molecule has 0 atom stereocenters. The molecule has 0 radical (unpaired) electrons. The van der Waals surface area contributed by atoms with Crippen LogP contribution >= 0.6 is 0 Å². The summed E-state index contributed by atoms with van der Waals surface area (Å²) >= 11 is 0. The number of rotatable bonds is 5. The van der Waals surface area contributed by atoms with Crippen LogP contribution < -0.4 is 4.90 Å². The molecular formula is C22H27N3O4. The molecule has 1 aromatic carbocycles. The predicted molar refractivity (Wildman–Crippen MR) is 110 cm³/mol. The molecule has 154 valence electrons. The lowest BCUT2D eigenvalue weighted by Crippen LogP contribution is -2.33. The molecule has 0 unspecified atom stereocenters. The van der Waals surface area contributed by atoms with Crippen molar-refractivity contribution in [2.75, 3.05) is 18.5 Å². The number of nitrogens with zero attached hydrogens (tertiary/aromatic N) is 3. The third kappa shape index (κ3) is 3.35. The van der Waals surface area contributed by atoms with Crippen molar-refractivity contribution in [2.24, 2.45) is 0 Å².